The van der Waals surface area contributed by atoms with Crippen molar-refractivity contribution in [3.63, 3.8) is 0 Å². The Morgan fingerprint density at radius 3 is 2.47 bits per heavy atom. The van der Waals surface area contributed by atoms with Crippen LogP contribution >= 0.6 is 27.5 Å². The van der Waals surface area contributed by atoms with Crippen LogP contribution in [0.4, 0.5) is 0 Å². The van der Waals surface area contributed by atoms with E-state index in [1.165, 1.54) is 5.56 Å². The highest BCUT2D eigenvalue weighted by atomic mass is 79.9. The predicted octanol–water partition coefficient (Wildman–Crippen LogP) is 4.40. The molecule has 2 nitrogen and oxygen atoms in total. The lowest BCUT2D eigenvalue weighted by molar-refractivity contribution is 0.415. The molecule has 0 unspecified atom stereocenters. The van der Waals surface area contributed by atoms with E-state index >= 15 is 0 Å². The molecule has 0 aliphatic carbocycles. The third kappa shape index (κ3) is 4.23. The summed E-state index contributed by atoms with van der Waals surface area (Å²) < 4.78 is 6.23. The third-order valence-corrected chi connectivity index (χ3v) is 3.55. The van der Waals surface area contributed by atoms with Crippen molar-refractivity contribution in [1.82, 2.24) is 5.32 Å². The van der Waals surface area contributed by atoms with Crippen molar-refractivity contribution in [1.29, 1.82) is 0 Å². The first-order valence-corrected chi connectivity index (χ1v) is 7.13. The number of hydrogen-bond acceptors (Lipinski definition) is 2. The Balaban J connectivity index is 1.90. The molecule has 0 saturated carbocycles. The van der Waals surface area contributed by atoms with Crippen molar-refractivity contribution in [2.75, 3.05) is 7.11 Å². The zero-order chi connectivity index (χ0) is 13.7. The number of halogens is 2. The SMILES string of the molecule is COc1ccc(CNCc2cccc(Br)c2)cc1Cl. The van der Waals surface area contributed by atoms with E-state index in [1.54, 1.807) is 7.11 Å². The van der Waals surface area contributed by atoms with Gasteiger partial charge in [0.1, 0.15) is 5.75 Å². The van der Waals surface area contributed by atoms with Gasteiger partial charge < -0.3 is 10.1 Å². The molecule has 1 N–H and O–H groups in total. The van der Waals surface area contributed by atoms with Crippen LogP contribution in [0.15, 0.2) is 46.9 Å². The highest BCUT2D eigenvalue weighted by molar-refractivity contribution is 9.10. The van der Waals surface area contributed by atoms with Gasteiger partial charge in [-0.1, -0.05) is 45.7 Å². The first-order chi connectivity index (χ1) is 9.19. The van der Waals surface area contributed by atoms with Gasteiger partial charge in [-0.05, 0) is 35.4 Å². The zero-order valence-corrected chi connectivity index (χ0v) is 13.0. The maximum absolute atomic E-state index is 6.09. The minimum absolute atomic E-state index is 0.643. The first-order valence-electron chi connectivity index (χ1n) is 5.96. The standard InChI is InChI=1S/C15H15BrClNO/c1-19-15-6-5-12(8-14(15)17)10-18-9-11-3-2-4-13(16)7-11/h2-8,18H,9-10H2,1H3. The van der Waals surface area contributed by atoms with E-state index in [1.807, 2.05) is 30.3 Å². The fourth-order valence-corrected chi connectivity index (χ4v) is 2.54. The molecule has 0 atom stereocenters. The van der Waals surface area contributed by atoms with Crippen LogP contribution in [0.3, 0.4) is 0 Å². The van der Waals surface area contributed by atoms with Crippen LogP contribution in [0.5, 0.6) is 5.75 Å². The van der Waals surface area contributed by atoms with Crippen LogP contribution in [0, 0.1) is 0 Å². The Morgan fingerprint density at radius 2 is 1.84 bits per heavy atom. The third-order valence-electron chi connectivity index (χ3n) is 2.76. The summed E-state index contributed by atoms with van der Waals surface area (Å²) in [5.41, 5.74) is 2.38. The fraction of sp³-hybridized carbons (Fsp3) is 0.200. The molecule has 2 rings (SSSR count). The maximum atomic E-state index is 6.09. The minimum atomic E-state index is 0.643. The van der Waals surface area contributed by atoms with Crippen molar-refractivity contribution in [2.24, 2.45) is 0 Å². The molecular weight excluding hydrogens is 326 g/mol. The van der Waals surface area contributed by atoms with E-state index in [9.17, 15) is 0 Å². The molecule has 0 bridgehead atoms. The molecule has 0 aromatic heterocycles. The van der Waals surface area contributed by atoms with Crippen LogP contribution in [-0.2, 0) is 13.1 Å². The van der Waals surface area contributed by atoms with Gasteiger partial charge in [0.05, 0.1) is 12.1 Å². The highest BCUT2D eigenvalue weighted by Gasteiger charge is 2.01. The van der Waals surface area contributed by atoms with Gasteiger partial charge in [-0.2, -0.15) is 0 Å². The normalized spacial score (nSPS) is 10.5. The second-order valence-electron chi connectivity index (χ2n) is 4.20. The Bertz CT molecular complexity index is 560. The van der Waals surface area contributed by atoms with Crippen LogP contribution < -0.4 is 10.1 Å². The van der Waals surface area contributed by atoms with Crippen LogP contribution in [0.1, 0.15) is 11.1 Å². The van der Waals surface area contributed by atoms with Crippen molar-refractivity contribution >= 4 is 27.5 Å². The summed E-state index contributed by atoms with van der Waals surface area (Å²) in [5, 5.41) is 4.03. The summed E-state index contributed by atoms with van der Waals surface area (Å²) >= 11 is 9.55. The molecule has 100 valence electrons. The van der Waals surface area contributed by atoms with Gasteiger partial charge in [-0.25, -0.2) is 0 Å². The average molecular weight is 341 g/mol. The number of hydrogen-bond donors (Lipinski definition) is 1. The van der Waals surface area contributed by atoms with Gasteiger partial charge in [0, 0.05) is 17.6 Å². The van der Waals surface area contributed by atoms with E-state index in [0.29, 0.717) is 10.8 Å². The highest BCUT2D eigenvalue weighted by Crippen LogP contribution is 2.24. The monoisotopic (exact) mass is 339 g/mol. The molecule has 4 heteroatoms. The number of ether oxygens (including phenoxy) is 1. The Morgan fingerprint density at radius 1 is 1.11 bits per heavy atom. The molecule has 19 heavy (non-hydrogen) atoms. The lowest BCUT2D eigenvalue weighted by atomic mass is 10.2. The fourth-order valence-electron chi connectivity index (χ4n) is 1.82. The molecule has 0 radical (unpaired) electrons. The van der Waals surface area contributed by atoms with Gasteiger partial charge in [0.2, 0.25) is 0 Å². The largest absolute Gasteiger partial charge is 0.495 e. The summed E-state index contributed by atoms with van der Waals surface area (Å²) in [6.45, 7) is 1.60. The van der Waals surface area contributed by atoms with Gasteiger partial charge >= 0.3 is 0 Å². The molecule has 2 aromatic carbocycles. The van der Waals surface area contributed by atoms with Crippen molar-refractivity contribution in [3.05, 3.63) is 63.1 Å². The first kappa shape index (κ1) is 14.4. The molecule has 0 fully saturated rings. The Hall–Kier alpha value is -1.03. The number of rotatable bonds is 5. The lowest BCUT2D eigenvalue weighted by Crippen LogP contribution is -2.12. The van der Waals surface area contributed by atoms with E-state index in [0.717, 1.165) is 23.1 Å². The molecule has 0 aliphatic heterocycles. The molecule has 0 aliphatic rings. The van der Waals surface area contributed by atoms with E-state index in [4.69, 9.17) is 16.3 Å². The van der Waals surface area contributed by atoms with Crippen molar-refractivity contribution < 1.29 is 4.74 Å². The molecule has 0 saturated heterocycles. The molecule has 0 amide bonds. The Kier molecular flexibility index (Phi) is 5.25. The predicted molar refractivity (Wildman–Crippen MR) is 82.7 cm³/mol. The average Bonchev–Trinajstić information content (AvgIpc) is 2.39. The summed E-state index contributed by atoms with van der Waals surface area (Å²) in [6.07, 6.45) is 0. The van der Waals surface area contributed by atoms with Crippen molar-refractivity contribution in [3.8, 4) is 5.75 Å². The van der Waals surface area contributed by atoms with Gasteiger partial charge in [-0.15, -0.1) is 0 Å². The minimum Gasteiger partial charge on any atom is -0.495 e. The lowest BCUT2D eigenvalue weighted by Gasteiger charge is -2.08. The number of nitrogens with one attached hydrogen (secondary N) is 1. The molecule has 0 heterocycles. The van der Waals surface area contributed by atoms with Gasteiger partial charge in [0.25, 0.3) is 0 Å². The van der Waals surface area contributed by atoms with Crippen LogP contribution in [0.25, 0.3) is 0 Å². The Labute approximate surface area is 126 Å². The summed E-state index contributed by atoms with van der Waals surface area (Å²) in [4.78, 5) is 0. The van der Waals surface area contributed by atoms with Crippen molar-refractivity contribution in [2.45, 2.75) is 13.1 Å². The quantitative estimate of drug-likeness (QED) is 0.871. The van der Waals surface area contributed by atoms with Gasteiger partial charge in [0.15, 0.2) is 0 Å². The summed E-state index contributed by atoms with van der Waals surface area (Å²) in [6, 6.07) is 14.1. The number of benzene rings is 2. The molecular formula is C15H15BrClNO. The van der Waals surface area contributed by atoms with Crippen LogP contribution in [0.2, 0.25) is 5.02 Å². The molecule has 0 spiro atoms. The van der Waals surface area contributed by atoms with E-state index in [2.05, 4.69) is 33.4 Å². The summed E-state index contributed by atoms with van der Waals surface area (Å²) in [5.74, 6) is 0.706. The zero-order valence-electron chi connectivity index (χ0n) is 10.6. The smallest absolute Gasteiger partial charge is 0.137 e. The summed E-state index contributed by atoms with van der Waals surface area (Å²) in [7, 11) is 1.62. The van der Waals surface area contributed by atoms with E-state index < -0.39 is 0 Å². The molecule has 2 aromatic rings. The second kappa shape index (κ2) is 6.94. The van der Waals surface area contributed by atoms with Gasteiger partial charge in [-0.3, -0.25) is 0 Å². The topological polar surface area (TPSA) is 21.3 Å². The second-order valence-corrected chi connectivity index (χ2v) is 5.53. The number of methoxy groups -OCH3 is 1. The maximum Gasteiger partial charge on any atom is 0.137 e. The van der Waals surface area contributed by atoms with E-state index in [-0.39, 0.29) is 0 Å². The van der Waals surface area contributed by atoms with Crippen LogP contribution in [-0.4, -0.2) is 7.11 Å².